The van der Waals surface area contributed by atoms with E-state index in [2.05, 4.69) is 10.1 Å². The third kappa shape index (κ3) is 2.22. The maximum Gasteiger partial charge on any atom is 0.271 e. The van der Waals surface area contributed by atoms with Crippen LogP contribution >= 0.6 is 0 Å². The van der Waals surface area contributed by atoms with Crippen molar-refractivity contribution in [3.63, 3.8) is 0 Å². The van der Waals surface area contributed by atoms with Gasteiger partial charge in [0.1, 0.15) is 5.76 Å². The summed E-state index contributed by atoms with van der Waals surface area (Å²) in [4.78, 5) is 14.4. The second kappa shape index (κ2) is 4.75. The summed E-state index contributed by atoms with van der Waals surface area (Å²) in [5.74, 6) is 1.23. The van der Waals surface area contributed by atoms with Crippen LogP contribution in [0, 0.1) is 17.0 Å². The van der Waals surface area contributed by atoms with Crippen LogP contribution in [0.5, 0.6) is 0 Å². The smallest absolute Gasteiger partial charge is 0.271 e. The summed E-state index contributed by atoms with van der Waals surface area (Å²) in [6.07, 6.45) is 1.53. The van der Waals surface area contributed by atoms with Gasteiger partial charge >= 0.3 is 0 Å². The number of aromatic nitrogens is 2. The fourth-order valence-corrected chi connectivity index (χ4v) is 1.92. The summed E-state index contributed by atoms with van der Waals surface area (Å²) in [6.45, 7) is 1.78. The van der Waals surface area contributed by atoms with E-state index in [-0.39, 0.29) is 17.3 Å². The van der Waals surface area contributed by atoms with E-state index >= 15 is 0 Å². The lowest BCUT2D eigenvalue weighted by molar-refractivity contribution is -0.384. The Morgan fingerprint density at radius 1 is 1.29 bits per heavy atom. The van der Waals surface area contributed by atoms with E-state index in [1.165, 1.54) is 24.5 Å². The Morgan fingerprint density at radius 2 is 2.10 bits per heavy atom. The standard InChI is InChI=1S/C13H10N4O4/c1-7-9(4-5-20-7)12-15-13(21-16-12)10-3-2-8(17(18)19)6-11(10)14/h2-6H,14H2,1H3. The molecule has 0 aliphatic heterocycles. The lowest BCUT2D eigenvalue weighted by Crippen LogP contribution is -1.94. The van der Waals surface area contributed by atoms with E-state index in [1.54, 1.807) is 13.0 Å². The minimum atomic E-state index is -0.520. The van der Waals surface area contributed by atoms with Gasteiger partial charge in [0.2, 0.25) is 5.82 Å². The van der Waals surface area contributed by atoms with Crippen LogP contribution in [0.4, 0.5) is 11.4 Å². The molecule has 2 heterocycles. The lowest BCUT2D eigenvalue weighted by Gasteiger charge is -1.99. The molecule has 106 valence electrons. The first-order valence-electron chi connectivity index (χ1n) is 5.98. The highest BCUT2D eigenvalue weighted by molar-refractivity contribution is 5.73. The average Bonchev–Trinajstić information content (AvgIpc) is 3.07. The Hall–Kier alpha value is -3.16. The first-order valence-corrected chi connectivity index (χ1v) is 5.98. The number of anilines is 1. The number of nitro benzene ring substituents is 1. The van der Waals surface area contributed by atoms with Crippen molar-refractivity contribution in [2.24, 2.45) is 0 Å². The topological polar surface area (TPSA) is 121 Å². The predicted molar refractivity (Wildman–Crippen MR) is 73.2 cm³/mol. The molecule has 0 saturated heterocycles. The Balaban J connectivity index is 2.01. The van der Waals surface area contributed by atoms with Crippen LogP contribution in [0.1, 0.15) is 5.76 Å². The van der Waals surface area contributed by atoms with Crippen molar-refractivity contribution in [1.82, 2.24) is 10.1 Å². The van der Waals surface area contributed by atoms with Gasteiger partial charge in [-0.25, -0.2) is 0 Å². The number of nitro groups is 1. The second-order valence-corrected chi connectivity index (χ2v) is 4.34. The van der Waals surface area contributed by atoms with Crippen LogP contribution in [-0.2, 0) is 0 Å². The van der Waals surface area contributed by atoms with Crippen molar-refractivity contribution in [1.29, 1.82) is 0 Å². The largest absolute Gasteiger partial charge is 0.469 e. The fraction of sp³-hybridized carbons (Fsp3) is 0.0769. The van der Waals surface area contributed by atoms with Crippen LogP contribution in [0.3, 0.4) is 0 Å². The highest BCUT2D eigenvalue weighted by Crippen LogP contribution is 2.30. The highest BCUT2D eigenvalue weighted by atomic mass is 16.6. The number of rotatable bonds is 3. The zero-order chi connectivity index (χ0) is 15.0. The van der Waals surface area contributed by atoms with E-state index in [4.69, 9.17) is 14.7 Å². The van der Waals surface area contributed by atoms with Crippen LogP contribution in [0.2, 0.25) is 0 Å². The zero-order valence-corrected chi connectivity index (χ0v) is 10.9. The Labute approximate surface area is 118 Å². The molecule has 21 heavy (non-hydrogen) atoms. The minimum Gasteiger partial charge on any atom is -0.469 e. The Bertz CT molecular complexity index is 821. The van der Waals surface area contributed by atoms with Gasteiger partial charge in [-0.1, -0.05) is 5.16 Å². The zero-order valence-electron chi connectivity index (χ0n) is 10.9. The number of furan rings is 1. The molecule has 0 unspecified atom stereocenters. The summed E-state index contributed by atoms with van der Waals surface area (Å²) >= 11 is 0. The van der Waals surface area contributed by atoms with Gasteiger partial charge < -0.3 is 14.7 Å². The third-order valence-corrected chi connectivity index (χ3v) is 3.00. The van der Waals surface area contributed by atoms with Crippen LogP contribution in [0.15, 0.2) is 39.5 Å². The van der Waals surface area contributed by atoms with E-state index in [9.17, 15) is 10.1 Å². The third-order valence-electron chi connectivity index (χ3n) is 3.00. The Morgan fingerprint density at radius 3 is 2.71 bits per heavy atom. The second-order valence-electron chi connectivity index (χ2n) is 4.34. The number of nitrogen functional groups attached to an aromatic ring is 1. The summed E-state index contributed by atoms with van der Waals surface area (Å²) < 4.78 is 10.3. The van der Waals surface area contributed by atoms with Crippen molar-refractivity contribution >= 4 is 11.4 Å². The van der Waals surface area contributed by atoms with Crippen LogP contribution in [-0.4, -0.2) is 15.1 Å². The Kier molecular flexibility index (Phi) is 2.90. The average molecular weight is 286 g/mol. The van der Waals surface area contributed by atoms with E-state index in [0.717, 1.165) is 0 Å². The van der Waals surface area contributed by atoms with E-state index < -0.39 is 4.92 Å². The van der Waals surface area contributed by atoms with Crippen LogP contribution in [0.25, 0.3) is 22.8 Å². The molecule has 0 saturated carbocycles. The van der Waals surface area contributed by atoms with Crippen molar-refractivity contribution in [3.05, 3.63) is 46.4 Å². The van der Waals surface area contributed by atoms with Gasteiger partial charge in [0.15, 0.2) is 0 Å². The van der Waals surface area contributed by atoms with Gasteiger partial charge in [-0.15, -0.1) is 0 Å². The van der Waals surface area contributed by atoms with Gasteiger partial charge in [-0.05, 0) is 19.1 Å². The normalized spacial score (nSPS) is 10.7. The first-order chi connectivity index (χ1) is 10.1. The van der Waals surface area contributed by atoms with Crippen LogP contribution < -0.4 is 5.73 Å². The van der Waals surface area contributed by atoms with Gasteiger partial charge in [0, 0.05) is 12.1 Å². The molecule has 8 heteroatoms. The molecule has 3 rings (SSSR count). The van der Waals surface area contributed by atoms with Gasteiger partial charge in [-0.3, -0.25) is 10.1 Å². The predicted octanol–water partition coefficient (Wildman–Crippen LogP) is 2.80. The molecule has 0 bridgehead atoms. The molecule has 0 atom stereocenters. The quantitative estimate of drug-likeness (QED) is 0.446. The number of aryl methyl sites for hydroxylation is 1. The number of nitrogens with two attached hydrogens (primary N) is 1. The fourth-order valence-electron chi connectivity index (χ4n) is 1.92. The maximum absolute atomic E-state index is 10.7. The number of benzene rings is 1. The summed E-state index contributed by atoms with van der Waals surface area (Å²) in [6, 6.07) is 5.79. The lowest BCUT2D eigenvalue weighted by atomic mass is 10.1. The minimum absolute atomic E-state index is 0.0957. The SMILES string of the molecule is Cc1occc1-c1noc(-c2ccc([N+](=O)[O-])cc2N)n1. The number of non-ortho nitro benzene ring substituents is 1. The van der Waals surface area contributed by atoms with E-state index in [1.807, 2.05) is 0 Å². The molecule has 8 nitrogen and oxygen atoms in total. The number of hydrogen-bond donors (Lipinski definition) is 1. The summed E-state index contributed by atoms with van der Waals surface area (Å²) in [7, 11) is 0. The number of hydrogen-bond acceptors (Lipinski definition) is 7. The molecule has 0 radical (unpaired) electrons. The molecule has 0 aliphatic rings. The summed E-state index contributed by atoms with van der Waals surface area (Å²) in [5.41, 5.74) is 7.06. The van der Waals surface area contributed by atoms with Crippen molar-refractivity contribution < 1.29 is 13.9 Å². The first kappa shape index (κ1) is 12.9. The molecular formula is C13H10N4O4. The van der Waals surface area contributed by atoms with Gasteiger partial charge in [-0.2, -0.15) is 4.98 Å². The number of nitrogens with zero attached hydrogens (tertiary/aromatic N) is 3. The van der Waals surface area contributed by atoms with Gasteiger partial charge in [0.05, 0.1) is 28.0 Å². The monoisotopic (exact) mass is 286 g/mol. The summed E-state index contributed by atoms with van der Waals surface area (Å²) in [5, 5.41) is 14.5. The van der Waals surface area contributed by atoms with Crippen molar-refractivity contribution in [2.45, 2.75) is 6.92 Å². The molecule has 0 aliphatic carbocycles. The molecular weight excluding hydrogens is 276 g/mol. The molecule has 1 aromatic carbocycles. The van der Waals surface area contributed by atoms with E-state index in [0.29, 0.717) is 22.7 Å². The van der Waals surface area contributed by atoms with Gasteiger partial charge in [0.25, 0.3) is 11.6 Å². The van der Waals surface area contributed by atoms with Crippen molar-refractivity contribution in [2.75, 3.05) is 5.73 Å². The maximum atomic E-state index is 10.7. The van der Waals surface area contributed by atoms with Crippen molar-refractivity contribution in [3.8, 4) is 22.8 Å². The highest BCUT2D eigenvalue weighted by Gasteiger charge is 2.17. The molecule has 2 aromatic heterocycles. The molecule has 0 spiro atoms. The molecule has 2 N–H and O–H groups in total. The molecule has 0 fully saturated rings. The molecule has 0 amide bonds. The molecule has 3 aromatic rings.